The molecule has 0 unspecified atom stereocenters. The van der Waals surface area contributed by atoms with Crippen LogP contribution in [0.4, 0.5) is 0 Å². The van der Waals surface area contributed by atoms with Crippen LogP contribution in [0.1, 0.15) is 26.7 Å². The SMILES string of the molecule is C/C(CC(C/C(C)=N/N([Si](C)(C)C)[Si](C)(C)C)=NN([Si](C)(C)C)[Si](C)(C)C)=N\N([Si](C)(C)C)[Si](C)(C)C. The second-order valence-corrected chi connectivity index (χ2v) is 46.6. The standard InChI is InChI=1S/C25H64N6Si6/c1-23(26-29(32(3,4)5)33(6,7)8)21-25(28-31(36(15,16)17)37(18,19)20)22-24(2)27-30(34(9,10)11)35(12,13)14/h21-22H2,1-20H3/b26-23+,27-24+. The average molecular weight is 617 g/mol. The minimum absolute atomic E-state index is 0.809. The van der Waals surface area contributed by atoms with Gasteiger partial charge < -0.3 is 13.0 Å². The van der Waals surface area contributed by atoms with E-state index in [-0.39, 0.29) is 0 Å². The molecule has 0 rings (SSSR count). The molecule has 0 N–H and O–H groups in total. The monoisotopic (exact) mass is 616 g/mol. The molecule has 0 amide bonds. The second-order valence-electron chi connectivity index (χ2n) is 16.7. The van der Waals surface area contributed by atoms with Crippen LogP contribution in [0.5, 0.6) is 0 Å². The van der Waals surface area contributed by atoms with E-state index in [0.29, 0.717) is 0 Å². The molecule has 0 aliphatic rings. The highest BCUT2D eigenvalue weighted by Crippen LogP contribution is 2.24. The van der Waals surface area contributed by atoms with E-state index in [1.807, 2.05) is 0 Å². The van der Waals surface area contributed by atoms with E-state index in [2.05, 4.69) is 145 Å². The third-order valence-electron chi connectivity index (χ3n) is 5.52. The number of hydrogen-bond donors (Lipinski definition) is 0. The van der Waals surface area contributed by atoms with E-state index in [0.717, 1.165) is 12.8 Å². The number of hydrogen-bond acceptors (Lipinski definition) is 6. The first-order valence-electron chi connectivity index (χ1n) is 14.0. The first kappa shape index (κ1) is 36.7. The topological polar surface area (TPSA) is 46.8 Å². The highest BCUT2D eigenvalue weighted by Gasteiger charge is 2.36. The average Bonchev–Trinajstić information content (AvgIpc) is 2.56. The Morgan fingerprint density at radius 1 is 0.378 bits per heavy atom. The van der Waals surface area contributed by atoms with Gasteiger partial charge in [-0.15, -0.1) is 0 Å². The van der Waals surface area contributed by atoms with Crippen molar-refractivity contribution in [1.82, 2.24) is 13.0 Å². The summed E-state index contributed by atoms with van der Waals surface area (Å²) < 4.78 is 7.61. The molecule has 0 bridgehead atoms. The Hall–Kier alpha value is -0.289. The summed E-state index contributed by atoms with van der Waals surface area (Å²) in [7, 11) is -9.57. The largest absolute Gasteiger partial charge is 0.350 e. The summed E-state index contributed by atoms with van der Waals surface area (Å²) >= 11 is 0. The summed E-state index contributed by atoms with van der Waals surface area (Å²) in [5.74, 6) is 0. The summed E-state index contributed by atoms with van der Waals surface area (Å²) in [5.41, 5.74) is 3.56. The molecular formula is C25H64N6Si6. The van der Waals surface area contributed by atoms with Crippen molar-refractivity contribution in [1.29, 1.82) is 0 Å². The van der Waals surface area contributed by atoms with Crippen LogP contribution in [0.25, 0.3) is 0 Å². The van der Waals surface area contributed by atoms with Crippen molar-refractivity contribution in [2.75, 3.05) is 0 Å². The lowest BCUT2D eigenvalue weighted by molar-refractivity contribution is 0.655. The Morgan fingerprint density at radius 2 is 0.568 bits per heavy atom. The maximum atomic E-state index is 5.48. The van der Waals surface area contributed by atoms with Crippen LogP contribution in [0.15, 0.2) is 15.3 Å². The van der Waals surface area contributed by atoms with E-state index in [1.54, 1.807) is 0 Å². The highest BCUT2D eigenvalue weighted by molar-refractivity contribution is 6.90. The quantitative estimate of drug-likeness (QED) is 0.118. The molecule has 0 aromatic rings. The van der Waals surface area contributed by atoms with Gasteiger partial charge in [-0.2, -0.15) is 0 Å². The number of nitrogens with zero attached hydrogens (tertiary/aromatic N) is 6. The molecular weight excluding hydrogens is 553 g/mol. The molecule has 0 aliphatic carbocycles. The van der Waals surface area contributed by atoms with Gasteiger partial charge in [0.1, 0.15) is 0 Å². The van der Waals surface area contributed by atoms with Crippen molar-refractivity contribution in [3.63, 3.8) is 0 Å². The lowest BCUT2D eigenvalue weighted by Gasteiger charge is -2.43. The molecule has 0 heterocycles. The van der Waals surface area contributed by atoms with Gasteiger partial charge in [0.05, 0.1) is 0 Å². The van der Waals surface area contributed by atoms with Gasteiger partial charge in [0, 0.05) is 30.0 Å². The molecule has 6 nitrogen and oxygen atoms in total. The van der Waals surface area contributed by atoms with Gasteiger partial charge >= 0.3 is 0 Å². The van der Waals surface area contributed by atoms with E-state index >= 15 is 0 Å². The molecule has 0 saturated carbocycles. The van der Waals surface area contributed by atoms with Crippen LogP contribution in [-0.4, -0.2) is 79.6 Å². The summed E-state index contributed by atoms with van der Waals surface area (Å²) in [4.78, 5) is 0. The summed E-state index contributed by atoms with van der Waals surface area (Å²) in [6.07, 6.45) is 1.62. The zero-order chi connectivity index (χ0) is 30.0. The maximum Gasteiger partial charge on any atom is 0.158 e. The van der Waals surface area contributed by atoms with Gasteiger partial charge in [0.2, 0.25) is 0 Å². The lowest BCUT2D eigenvalue weighted by Crippen LogP contribution is -2.56. The zero-order valence-corrected chi connectivity index (χ0v) is 34.6. The van der Waals surface area contributed by atoms with Gasteiger partial charge in [0.25, 0.3) is 0 Å². The van der Waals surface area contributed by atoms with E-state index < -0.39 is 49.4 Å². The third kappa shape index (κ3) is 13.1. The fraction of sp³-hybridized carbons (Fsp3) is 0.880. The predicted molar refractivity (Wildman–Crippen MR) is 188 cm³/mol. The van der Waals surface area contributed by atoms with Gasteiger partial charge in [0.15, 0.2) is 49.4 Å². The number of rotatable bonds is 13. The molecule has 12 heteroatoms. The minimum atomic E-state index is -1.64. The van der Waals surface area contributed by atoms with Gasteiger partial charge in [-0.05, 0) is 13.8 Å². The highest BCUT2D eigenvalue weighted by atomic mass is 28.4. The van der Waals surface area contributed by atoms with Crippen LogP contribution >= 0.6 is 0 Å². The molecule has 0 aliphatic heterocycles. The predicted octanol–water partition coefficient (Wildman–Crippen LogP) is 8.79. The Balaban J connectivity index is 6.72. The molecule has 0 aromatic carbocycles. The molecule has 0 atom stereocenters. The molecule has 0 radical (unpaired) electrons. The van der Waals surface area contributed by atoms with Crippen LogP contribution < -0.4 is 0 Å². The molecule has 218 valence electrons. The third-order valence-corrected chi connectivity index (χ3v) is 25.8. The molecule has 0 saturated heterocycles. The van der Waals surface area contributed by atoms with E-state index in [4.69, 9.17) is 15.3 Å². The van der Waals surface area contributed by atoms with Gasteiger partial charge in [-0.1, -0.05) is 118 Å². The smallest absolute Gasteiger partial charge is 0.158 e. The normalized spacial score (nSPS) is 15.0. The molecule has 0 aromatic heterocycles. The van der Waals surface area contributed by atoms with Gasteiger partial charge in [-0.25, -0.2) is 15.3 Å². The fourth-order valence-electron chi connectivity index (χ4n) is 5.20. The fourth-order valence-corrected chi connectivity index (χ4v) is 32.1. The zero-order valence-electron chi connectivity index (χ0n) is 28.6. The van der Waals surface area contributed by atoms with Gasteiger partial charge in [-0.3, -0.25) is 0 Å². The van der Waals surface area contributed by atoms with Crippen LogP contribution in [-0.2, 0) is 0 Å². The first-order chi connectivity index (χ1) is 16.0. The molecule has 0 fully saturated rings. The minimum Gasteiger partial charge on any atom is -0.350 e. The summed E-state index contributed by atoms with van der Waals surface area (Å²) in [5, 5.41) is 16.1. The number of hydrazone groups is 3. The summed E-state index contributed by atoms with van der Waals surface area (Å²) in [6.45, 7) is 47.9. The second kappa shape index (κ2) is 12.5. The Bertz CT molecular complexity index is 750. The van der Waals surface area contributed by atoms with Crippen molar-refractivity contribution in [2.24, 2.45) is 15.3 Å². The molecule has 0 spiro atoms. The van der Waals surface area contributed by atoms with Crippen molar-refractivity contribution in [2.45, 2.75) is 145 Å². The summed E-state index contributed by atoms with van der Waals surface area (Å²) in [6, 6.07) is 0. The van der Waals surface area contributed by atoms with Crippen LogP contribution in [0, 0.1) is 0 Å². The lowest BCUT2D eigenvalue weighted by atomic mass is 10.1. The Kier molecular flexibility index (Phi) is 12.4. The van der Waals surface area contributed by atoms with Crippen molar-refractivity contribution in [3.8, 4) is 0 Å². The van der Waals surface area contributed by atoms with Crippen LogP contribution in [0.3, 0.4) is 0 Å². The maximum absolute atomic E-state index is 5.48. The van der Waals surface area contributed by atoms with Crippen molar-refractivity contribution in [3.05, 3.63) is 0 Å². The van der Waals surface area contributed by atoms with E-state index in [9.17, 15) is 0 Å². The Morgan fingerprint density at radius 3 is 0.757 bits per heavy atom. The molecule has 37 heavy (non-hydrogen) atoms. The van der Waals surface area contributed by atoms with Crippen LogP contribution in [0.2, 0.25) is 118 Å². The first-order valence-corrected chi connectivity index (χ1v) is 34.7. The van der Waals surface area contributed by atoms with Crippen molar-refractivity contribution < 1.29 is 0 Å². The Labute approximate surface area is 238 Å². The van der Waals surface area contributed by atoms with Crippen molar-refractivity contribution >= 4 is 66.5 Å². The van der Waals surface area contributed by atoms with E-state index in [1.165, 1.54) is 17.1 Å².